The SMILES string of the molecule is COc1cc(Nc2ncnc3cc(OC)c(OCCCN4CCOCC4)cc23)ccc1F. The van der Waals surface area contributed by atoms with E-state index in [0.717, 1.165) is 44.7 Å². The normalized spacial score (nSPS) is 14.3. The van der Waals surface area contributed by atoms with Gasteiger partial charge in [0.25, 0.3) is 0 Å². The van der Waals surface area contributed by atoms with E-state index in [1.165, 1.54) is 19.5 Å². The van der Waals surface area contributed by atoms with E-state index in [9.17, 15) is 4.39 Å². The Balaban J connectivity index is 1.51. The van der Waals surface area contributed by atoms with Gasteiger partial charge in [-0.25, -0.2) is 14.4 Å². The van der Waals surface area contributed by atoms with Crippen LogP contribution in [0.2, 0.25) is 0 Å². The third-order valence-electron chi connectivity index (χ3n) is 5.31. The average molecular weight is 442 g/mol. The van der Waals surface area contributed by atoms with E-state index < -0.39 is 5.82 Å². The molecule has 32 heavy (non-hydrogen) atoms. The van der Waals surface area contributed by atoms with Crippen molar-refractivity contribution in [1.82, 2.24) is 14.9 Å². The van der Waals surface area contributed by atoms with Gasteiger partial charge in [0.05, 0.1) is 39.6 Å². The number of hydrogen-bond donors (Lipinski definition) is 1. The lowest BCUT2D eigenvalue weighted by Crippen LogP contribution is -2.37. The number of morpholine rings is 1. The van der Waals surface area contributed by atoms with E-state index in [1.807, 2.05) is 12.1 Å². The molecule has 0 radical (unpaired) electrons. The Bertz CT molecular complexity index is 1060. The lowest BCUT2D eigenvalue weighted by atomic mass is 10.2. The zero-order valence-electron chi connectivity index (χ0n) is 18.3. The van der Waals surface area contributed by atoms with Crippen LogP contribution in [-0.2, 0) is 4.74 Å². The number of anilines is 2. The number of fused-ring (bicyclic) bond motifs is 1. The predicted octanol–water partition coefficient (Wildman–Crippen LogP) is 3.63. The van der Waals surface area contributed by atoms with Crippen LogP contribution in [0.15, 0.2) is 36.7 Å². The first-order valence-electron chi connectivity index (χ1n) is 10.5. The van der Waals surface area contributed by atoms with Gasteiger partial charge >= 0.3 is 0 Å². The molecule has 2 aromatic carbocycles. The summed E-state index contributed by atoms with van der Waals surface area (Å²) >= 11 is 0. The van der Waals surface area contributed by atoms with Crippen molar-refractivity contribution in [3.05, 3.63) is 42.5 Å². The molecular weight excluding hydrogens is 415 g/mol. The van der Waals surface area contributed by atoms with Crippen LogP contribution in [0, 0.1) is 5.82 Å². The lowest BCUT2D eigenvalue weighted by Gasteiger charge is -2.26. The summed E-state index contributed by atoms with van der Waals surface area (Å²) in [6.07, 6.45) is 2.36. The molecule has 0 spiro atoms. The third-order valence-corrected chi connectivity index (χ3v) is 5.31. The fraction of sp³-hybridized carbons (Fsp3) is 0.391. The van der Waals surface area contributed by atoms with Crippen molar-refractivity contribution < 1.29 is 23.3 Å². The highest BCUT2D eigenvalue weighted by Gasteiger charge is 2.14. The van der Waals surface area contributed by atoms with Crippen LogP contribution in [0.3, 0.4) is 0 Å². The van der Waals surface area contributed by atoms with Gasteiger partial charge in [-0.3, -0.25) is 4.90 Å². The maximum absolute atomic E-state index is 13.7. The molecule has 1 saturated heterocycles. The van der Waals surface area contributed by atoms with Gasteiger partial charge in [0.2, 0.25) is 0 Å². The summed E-state index contributed by atoms with van der Waals surface area (Å²) in [5.74, 6) is 1.53. The molecule has 1 fully saturated rings. The molecule has 1 aliphatic heterocycles. The molecule has 9 heteroatoms. The molecule has 2 heterocycles. The van der Waals surface area contributed by atoms with Crippen LogP contribution in [0.1, 0.15) is 6.42 Å². The first kappa shape index (κ1) is 22.0. The molecule has 0 bridgehead atoms. The van der Waals surface area contributed by atoms with Crippen molar-refractivity contribution in [1.29, 1.82) is 0 Å². The highest BCUT2D eigenvalue weighted by atomic mass is 19.1. The minimum atomic E-state index is -0.428. The predicted molar refractivity (Wildman–Crippen MR) is 120 cm³/mol. The summed E-state index contributed by atoms with van der Waals surface area (Å²) in [6, 6.07) is 8.24. The monoisotopic (exact) mass is 442 g/mol. The standard InChI is InChI=1S/C23H27FN4O4/c1-29-20-12-16(4-5-18(20)24)27-23-17-13-22(21(30-2)14-19(17)25-15-26-23)32-9-3-6-28-7-10-31-11-8-28/h4-5,12-15H,3,6-11H2,1-2H3,(H,25,26,27). The van der Waals surface area contributed by atoms with E-state index in [2.05, 4.69) is 20.2 Å². The van der Waals surface area contributed by atoms with E-state index in [-0.39, 0.29) is 5.75 Å². The molecule has 1 N–H and O–H groups in total. The maximum atomic E-state index is 13.7. The number of ether oxygens (including phenoxy) is 4. The molecule has 0 amide bonds. The first-order valence-corrected chi connectivity index (χ1v) is 10.5. The number of aromatic nitrogens is 2. The number of benzene rings is 2. The molecule has 0 atom stereocenters. The van der Waals surface area contributed by atoms with Gasteiger partial charge in [-0.2, -0.15) is 0 Å². The summed E-state index contributed by atoms with van der Waals surface area (Å²) in [4.78, 5) is 11.1. The number of hydrogen-bond acceptors (Lipinski definition) is 8. The first-order chi connectivity index (χ1) is 15.7. The van der Waals surface area contributed by atoms with Crippen LogP contribution < -0.4 is 19.5 Å². The van der Waals surface area contributed by atoms with Gasteiger partial charge in [0, 0.05) is 42.8 Å². The molecule has 170 valence electrons. The lowest BCUT2D eigenvalue weighted by molar-refractivity contribution is 0.0357. The maximum Gasteiger partial charge on any atom is 0.165 e. The second-order valence-electron chi connectivity index (χ2n) is 7.37. The average Bonchev–Trinajstić information content (AvgIpc) is 2.83. The zero-order chi connectivity index (χ0) is 22.3. The van der Waals surface area contributed by atoms with Crippen LogP contribution >= 0.6 is 0 Å². The fourth-order valence-corrected chi connectivity index (χ4v) is 3.61. The molecule has 0 saturated carbocycles. The van der Waals surface area contributed by atoms with Crippen molar-refractivity contribution in [2.45, 2.75) is 6.42 Å². The fourth-order valence-electron chi connectivity index (χ4n) is 3.61. The Hall–Kier alpha value is -3.17. The van der Waals surface area contributed by atoms with Gasteiger partial charge in [-0.05, 0) is 24.6 Å². The summed E-state index contributed by atoms with van der Waals surface area (Å²) in [5, 5.41) is 3.97. The van der Waals surface area contributed by atoms with Crippen molar-refractivity contribution in [2.24, 2.45) is 0 Å². The van der Waals surface area contributed by atoms with Gasteiger partial charge in [0.15, 0.2) is 23.1 Å². The van der Waals surface area contributed by atoms with Gasteiger partial charge < -0.3 is 24.3 Å². The molecular formula is C23H27FN4O4. The molecule has 3 aromatic rings. The van der Waals surface area contributed by atoms with Crippen LogP contribution in [0.25, 0.3) is 10.9 Å². The second-order valence-corrected chi connectivity index (χ2v) is 7.37. The Kier molecular flexibility index (Phi) is 7.18. The highest BCUT2D eigenvalue weighted by Crippen LogP contribution is 2.35. The quantitative estimate of drug-likeness (QED) is 0.504. The van der Waals surface area contributed by atoms with Crippen LogP contribution in [0.5, 0.6) is 17.2 Å². The summed E-state index contributed by atoms with van der Waals surface area (Å²) < 4.78 is 35.8. The number of halogens is 1. The van der Waals surface area contributed by atoms with Crippen molar-refractivity contribution >= 4 is 22.4 Å². The van der Waals surface area contributed by atoms with E-state index in [4.69, 9.17) is 18.9 Å². The third kappa shape index (κ3) is 5.17. The summed E-state index contributed by atoms with van der Waals surface area (Å²) in [7, 11) is 3.03. The van der Waals surface area contributed by atoms with E-state index in [0.29, 0.717) is 35.1 Å². The van der Waals surface area contributed by atoms with Gasteiger partial charge in [-0.15, -0.1) is 0 Å². The van der Waals surface area contributed by atoms with Crippen molar-refractivity contribution in [3.63, 3.8) is 0 Å². The number of rotatable bonds is 9. The smallest absolute Gasteiger partial charge is 0.165 e. The number of nitrogens with zero attached hydrogens (tertiary/aromatic N) is 3. The van der Waals surface area contributed by atoms with E-state index in [1.54, 1.807) is 19.2 Å². The molecule has 0 unspecified atom stereocenters. The minimum absolute atomic E-state index is 0.152. The van der Waals surface area contributed by atoms with Crippen molar-refractivity contribution in [2.75, 3.05) is 59.0 Å². The molecule has 8 nitrogen and oxygen atoms in total. The van der Waals surface area contributed by atoms with Crippen LogP contribution in [-0.4, -0.2) is 68.5 Å². The van der Waals surface area contributed by atoms with Crippen LogP contribution in [0.4, 0.5) is 15.9 Å². The molecule has 4 rings (SSSR count). The number of methoxy groups -OCH3 is 2. The topological polar surface area (TPSA) is 78.0 Å². The van der Waals surface area contributed by atoms with Gasteiger partial charge in [-0.1, -0.05) is 0 Å². The highest BCUT2D eigenvalue weighted by molar-refractivity contribution is 5.93. The second kappa shape index (κ2) is 10.4. The summed E-state index contributed by atoms with van der Waals surface area (Å²) in [6.45, 7) is 5.01. The Morgan fingerprint density at radius 3 is 2.62 bits per heavy atom. The summed E-state index contributed by atoms with van der Waals surface area (Å²) in [5.41, 5.74) is 1.35. The minimum Gasteiger partial charge on any atom is -0.494 e. The Morgan fingerprint density at radius 1 is 1.03 bits per heavy atom. The van der Waals surface area contributed by atoms with Gasteiger partial charge in [0.1, 0.15) is 12.1 Å². The Morgan fingerprint density at radius 2 is 1.84 bits per heavy atom. The Labute approximate surface area is 186 Å². The largest absolute Gasteiger partial charge is 0.494 e. The van der Waals surface area contributed by atoms with E-state index >= 15 is 0 Å². The molecule has 0 aliphatic carbocycles. The molecule has 1 aromatic heterocycles. The van der Waals surface area contributed by atoms with Crippen molar-refractivity contribution in [3.8, 4) is 17.2 Å². The zero-order valence-corrected chi connectivity index (χ0v) is 18.3. The molecule has 1 aliphatic rings. The number of nitrogens with one attached hydrogen (secondary N) is 1.